The minimum atomic E-state index is -2.12. The number of benzene rings is 2. The zero-order chi connectivity index (χ0) is 27.0. The molecule has 3 nitrogen and oxygen atoms in total. The zero-order valence-corrected chi connectivity index (χ0v) is 24.2. The second-order valence-corrected chi connectivity index (χ2v) is 15.9. The van der Waals surface area contributed by atoms with E-state index in [1.54, 1.807) is 0 Å². The Bertz CT molecular complexity index is 1300. The monoisotopic (exact) mass is 521 g/mol. The highest BCUT2D eigenvalue weighted by Gasteiger charge is 2.34. The smallest absolute Gasteiger partial charge is 0.149 e. The highest BCUT2D eigenvalue weighted by Crippen LogP contribution is 2.51. The number of halogens is 1. The first-order chi connectivity index (χ1) is 17.3. The van der Waals surface area contributed by atoms with Gasteiger partial charge in [0.05, 0.1) is 13.3 Å². The molecule has 198 valence electrons. The van der Waals surface area contributed by atoms with Gasteiger partial charge < -0.3 is 9.30 Å². The van der Waals surface area contributed by atoms with Crippen LogP contribution in [0, 0.1) is 24.1 Å². The standard InChI is InChI=1S/C32H41FNO2P/c1-21-15-29(31(33)18-34-21)27-14-11-23(16-28(27)22(2)32(3,4)5)19-36-26-10-8-9-25(17-26)30(24-12-13-24)20-37(6,7)35/h8-11,14-18,22,24,30H,12-13,19-20H2,1-7H3/t22?,30-/m0/s1. The van der Waals surface area contributed by atoms with Crippen LogP contribution in [0.15, 0.2) is 54.7 Å². The maximum Gasteiger partial charge on any atom is 0.149 e. The molecule has 0 bridgehead atoms. The second kappa shape index (κ2) is 10.7. The fraction of sp³-hybridized carbons (Fsp3) is 0.469. The lowest BCUT2D eigenvalue weighted by atomic mass is 9.75. The molecule has 0 saturated heterocycles. The van der Waals surface area contributed by atoms with Crippen molar-refractivity contribution in [1.29, 1.82) is 0 Å². The number of pyridine rings is 1. The quantitative estimate of drug-likeness (QED) is 0.264. The Labute approximate surface area is 222 Å². The molecule has 1 aliphatic rings. The first kappa shape index (κ1) is 27.6. The summed E-state index contributed by atoms with van der Waals surface area (Å²) in [5, 5.41) is 0. The fourth-order valence-electron chi connectivity index (χ4n) is 5.02. The summed E-state index contributed by atoms with van der Waals surface area (Å²) in [5.41, 5.74) is 5.70. The summed E-state index contributed by atoms with van der Waals surface area (Å²) < 4.78 is 33.7. The van der Waals surface area contributed by atoms with E-state index in [0.29, 0.717) is 24.0 Å². The van der Waals surface area contributed by atoms with Crippen LogP contribution >= 0.6 is 7.14 Å². The number of hydrogen-bond acceptors (Lipinski definition) is 3. The van der Waals surface area contributed by atoms with Crippen LogP contribution in [0.3, 0.4) is 0 Å². The topological polar surface area (TPSA) is 39.2 Å². The molecule has 3 aromatic rings. The minimum Gasteiger partial charge on any atom is -0.489 e. The Balaban J connectivity index is 1.60. The molecule has 1 unspecified atom stereocenters. The Morgan fingerprint density at radius 3 is 2.46 bits per heavy atom. The molecule has 0 radical (unpaired) electrons. The van der Waals surface area contributed by atoms with Crippen LogP contribution in [0.4, 0.5) is 4.39 Å². The molecule has 0 N–H and O–H groups in total. The van der Waals surface area contributed by atoms with Crippen LogP contribution in [0.2, 0.25) is 0 Å². The third-order valence-electron chi connectivity index (χ3n) is 7.68. The Morgan fingerprint density at radius 2 is 1.81 bits per heavy atom. The van der Waals surface area contributed by atoms with Gasteiger partial charge in [-0.1, -0.05) is 58.0 Å². The van der Waals surface area contributed by atoms with E-state index in [1.807, 2.05) is 50.6 Å². The predicted octanol–water partition coefficient (Wildman–Crippen LogP) is 9.04. The molecule has 1 aliphatic carbocycles. The summed E-state index contributed by atoms with van der Waals surface area (Å²) in [7, 11) is -2.12. The third-order valence-corrected chi connectivity index (χ3v) is 8.96. The van der Waals surface area contributed by atoms with Crippen LogP contribution in [-0.4, -0.2) is 24.5 Å². The summed E-state index contributed by atoms with van der Waals surface area (Å²) in [6.45, 7) is 14.9. The van der Waals surface area contributed by atoms with Gasteiger partial charge in [0.25, 0.3) is 0 Å². The number of aryl methyl sites for hydroxylation is 1. The van der Waals surface area contributed by atoms with Gasteiger partial charge in [-0.05, 0) is 96.7 Å². The summed E-state index contributed by atoms with van der Waals surface area (Å²) in [5.74, 6) is 1.70. The lowest BCUT2D eigenvalue weighted by molar-refractivity contribution is 0.304. The molecule has 1 saturated carbocycles. The van der Waals surface area contributed by atoms with Crippen molar-refractivity contribution in [3.63, 3.8) is 0 Å². The van der Waals surface area contributed by atoms with Crippen LogP contribution in [0.5, 0.6) is 5.75 Å². The van der Waals surface area contributed by atoms with Crippen molar-refractivity contribution in [1.82, 2.24) is 4.98 Å². The van der Waals surface area contributed by atoms with Gasteiger partial charge in [-0.2, -0.15) is 0 Å². The van der Waals surface area contributed by atoms with E-state index in [4.69, 9.17) is 4.74 Å². The maximum atomic E-state index is 14.8. The predicted molar refractivity (Wildman–Crippen MR) is 153 cm³/mol. The molecule has 1 fully saturated rings. The molecule has 2 aromatic carbocycles. The van der Waals surface area contributed by atoms with Gasteiger partial charge in [0.15, 0.2) is 0 Å². The first-order valence-electron chi connectivity index (χ1n) is 13.3. The fourth-order valence-corrected chi connectivity index (χ4v) is 6.48. The van der Waals surface area contributed by atoms with E-state index in [2.05, 4.69) is 50.9 Å². The number of rotatable bonds is 9. The highest BCUT2D eigenvalue weighted by molar-refractivity contribution is 7.62. The van der Waals surface area contributed by atoms with Crippen molar-refractivity contribution in [3.8, 4) is 16.9 Å². The van der Waals surface area contributed by atoms with Crippen molar-refractivity contribution in [3.05, 3.63) is 82.9 Å². The van der Waals surface area contributed by atoms with Crippen molar-refractivity contribution in [2.75, 3.05) is 19.5 Å². The van der Waals surface area contributed by atoms with Gasteiger partial charge in [0, 0.05) is 17.4 Å². The van der Waals surface area contributed by atoms with Gasteiger partial charge in [-0.3, -0.25) is 4.98 Å². The van der Waals surface area contributed by atoms with Gasteiger partial charge in [0.2, 0.25) is 0 Å². The molecule has 1 aromatic heterocycles. The molecule has 0 spiro atoms. The summed E-state index contributed by atoms with van der Waals surface area (Å²) in [6.07, 6.45) is 4.50. The molecular weight excluding hydrogens is 480 g/mol. The summed E-state index contributed by atoms with van der Waals surface area (Å²) in [6, 6.07) is 16.4. The maximum absolute atomic E-state index is 14.8. The summed E-state index contributed by atoms with van der Waals surface area (Å²) >= 11 is 0. The van der Waals surface area contributed by atoms with E-state index < -0.39 is 7.14 Å². The van der Waals surface area contributed by atoms with Gasteiger partial charge in [-0.15, -0.1) is 0 Å². The zero-order valence-electron chi connectivity index (χ0n) is 23.3. The summed E-state index contributed by atoms with van der Waals surface area (Å²) in [4.78, 5) is 4.11. The molecule has 4 rings (SSSR count). The minimum absolute atomic E-state index is 0.0108. The van der Waals surface area contributed by atoms with Crippen molar-refractivity contribution in [2.24, 2.45) is 11.3 Å². The molecular formula is C32H41FNO2P. The van der Waals surface area contributed by atoms with E-state index in [-0.39, 0.29) is 17.2 Å². The van der Waals surface area contributed by atoms with E-state index in [9.17, 15) is 8.96 Å². The molecule has 1 heterocycles. The van der Waals surface area contributed by atoms with Crippen LogP contribution in [0.25, 0.3) is 11.1 Å². The Morgan fingerprint density at radius 1 is 1.08 bits per heavy atom. The van der Waals surface area contributed by atoms with Gasteiger partial charge in [-0.25, -0.2) is 4.39 Å². The van der Waals surface area contributed by atoms with Crippen molar-refractivity contribution in [2.45, 2.75) is 65.9 Å². The van der Waals surface area contributed by atoms with Crippen LogP contribution < -0.4 is 4.74 Å². The van der Waals surface area contributed by atoms with Gasteiger partial charge >= 0.3 is 0 Å². The molecule has 0 aliphatic heterocycles. The van der Waals surface area contributed by atoms with Crippen LogP contribution in [-0.2, 0) is 11.2 Å². The Hall–Kier alpha value is -2.45. The first-order valence-corrected chi connectivity index (χ1v) is 16.1. The highest BCUT2D eigenvalue weighted by atomic mass is 31.2. The Kier molecular flexibility index (Phi) is 8.00. The van der Waals surface area contributed by atoms with Gasteiger partial charge in [0.1, 0.15) is 18.2 Å². The van der Waals surface area contributed by atoms with E-state index in [0.717, 1.165) is 34.3 Å². The lowest BCUT2D eigenvalue weighted by Gasteiger charge is -2.30. The third kappa shape index (κ3) is 7.11. The molecule has 37 heavy (non-hydrogen) atoms. The SMILES string of the molecule is Cc1cc(-c2ccc(COc3cccc([C@@H](CP(C)(C)=O)C4CC4)c3)cc2C(C)C(C)(C)C)c(F)cn1. The number of nitrogens with zero attached hydrogens (tertiary/aromatic N) is 1. The largest absolute Gasteiger partial charge is 0.489 e. The number of hydrogen-bond donors (Lipinski definition) is 0. The van der Waals surface area contributed by atoms with E-state index in [1.165, 1.54) is 24.6 Å². The lowest BCUT2D eigenvalue weighted by Crippen LogP contribution is -2.16. The average Bonchev–Trinajstić information content (AvgIpc) is 3.67. The number of aromatic nitrogens is 1. The number of ether oxygens (including phenoxy) is 1. The van der Waals surface area contributed by atoms with Crippen molar-refractivity contribution < 1.29 is 13.7 Å². The second-order valence-electron chi connectivity index (χ2n) is 12.4. The molecule has 2 atom stereocenters. The normalized spacial score (nSPS) is 15.9. The van der Waals surface area contributed by atoms with Crippen molar-refractivity contribution >= 4 is 7.14 Å². The average molecular weight is 522 g/mol. The molecule has 0 amide bonds. The molecule has 5 heteroatoms. The van der Waals surface area contributed by atoms with E-state index >= 15 is 0 Å². The van der Waals surface area contributed by atoms with Crippen LogP contribution in [0.1, 0.15) is 74.8 Å².